The standard InChI is InChI=1S/C31H33N3O2/c1-30(20-35,21-36)32-24-15-16-27-29(18-24)34-28(23-12-6-3-7-13-23)19-25(22-10-4-2-5-11-22)26-14-8-9-17-31(26,34)33-27/h2-7,10-13,15-16,18-19,25-26,35-36H,8-9,14,17,20-21H2,1H3/t25-,26-,31+/m1/s1. The van der Waals surface area contributed by atoms with Crippen molar-refractivity contribution in [3.63, 3.8) is 0 Å². The van der Waals surface area contributed by atoms with Crippen LogP contribution in [0.3, 0.4) is 0 Å². The molecule has 2 aliphatic carbocycles. The third-order valence-corrected chi connectivity index (χ3v) is 8.15. The minimum atomic E-state index is -0.923. The third-order valence-electron chi connectivity index (χ3n) is 8.15. The van der Waals surface area contributed by atoms with Crippen LogP contribution in [-0.4, -0.2) is 51.0 Å². The lowest BCUT2D eigenvalue weighted by atomic mass is 9.66. The summed E-state index contributed by atoms with van der Waals surface area (Å²) in [7, 11) is 0. The lowest BCUT2D eigenvalue weighted by Gasteiger charge is -2.53. The molecule has 2 aliphatic heterocycles. The summed E-state index contributed by atoms with van der Waals surface area (Å²) >= 11 is 0. The van der Waals surface area contributed by atoms with Crippen LogP contribution in [0.2, 0.25) is 0 Å². The van der Waals surface area contributed by atoms with Gasteiger partial charge in [-0.15, -0.1) is 0 Å². The van der Waals surface area contributed by atoms with Crippen molar-refractivity contribution in [2.45, 2.75) is 49.7 Å². The summed E-state index contributed by atoms with van der Waals surface area (Å²) in [5.74, 6) is 0.654. The molecule has 0 aromatic heterocycles. The first-order chi connectivity index (χ1) is 17.6. The fraction of sp³-hybridized carbons (Fsp3) is 0.355. The predicted molar refractivity (Wildman–Crippen MR) is 145 cm³/mol. The van der Waals surface area contributed by atoms with Gasteiger partial charge in [0.25, 0.3) is 0 Å². The number of rotatable bonds is 5. The number of fused-ring (bicyclic) bond motifs is 2. The van der Waals surface area contributed by atoms with Gasteiger partial charge in [0.15, 0.2) is 0 Å². The van der Waals surface area contributed by atoms with Gasteiger partial charge in [0.1, 0.15) is 11.2 Å². The molecule has 6 rings (SSSR count). The zero-order valence-electron chi connectivity index (χ0n) is 20.7. The third kappa shape index (κ3) is 3.69. The van der Waals surface area contributed by atoms with Gasteiger partial charge in [-0.05, 0) is 55.5 Å². The molecule has 184 valence electrons. The Morgan fingerprint density at radius 2 is 1.69 bits per heavy atom. The summed E-state index contributed by atoms with van der Waals surface area (Å²) in [6.45, 7) is 1.34. The first-order valence-corrected chi connectivity index (χ1v) is 13.0. The van der Waals surface area contributed by atoms with Gasteiger partial charge in [0, 0.05) is 17.5 Å². The Morgan fingerprint density at radius 1 is 0.972 bits per heavy atom. The van der Waals surface area contributed by atoms with E-state index in [0.29, 0.717) is 5.92 Å². The lowest BCUT2D eigenvalue weighted by Crippen LogP contribution is -2.54. The molecular formula is C31H33N3O2. The Labute approximate surface area is 212 Å². The quantitative estimate of drug-likeness (QED) is 0.586. The van der Waals surface area contributed by atoms with E-state index in [9.17, 15) is 10.2 Å². The van der Waals surface area contributed by atoms with Crippen molar-refractivity contribution in [2.75, 3.05) is 13.2 Å². The van der Waals surface area contributed by atoms with Crippen LogP contribution in [0, 0.1) is 5.92 Å². The van der Waals surface area contributed by atoms with Crippen LogP contribution in [0.25, 0.3) is 5.70 Å². The minimum absolute atomic E-state index is 0.214. The van der Waals surface area contributed by atoms with Crippen molar-refractivity contribution in [1.29, 1.82) is 0 Å². The highest BCUT2D eigenvalue weighted by molar-refractivity contribution is 6.22. The van der Waals surface area contributed by atoms with E-state index in [1.54, 1.807) is 6.92 Å². The van der Waals surface area contributed by atoms with Crippen LogP contribution in [0.1, 0.15) is 49.7 Å². The van der Waals surface area contributed by atoms with E-state index in [2.05, 4.69) is 83.8 Å². The Kier molecular flexibility index (Phi) is 5.78. The molecule has 5 heteroatoms. The molecule has 2 N–H and O–H groups in total. The molecule has 36 heavy (non-hydrogen) atoms. The molecule has 0 radical (unpaired) electrons. The van der Waals surface area contributed by atoms with E-state index in [0.717, 1.165) is 36.4 Å². The highest BCUT2D eigenvalue weighted by Crippen LogP contribution is 2.57. The Morgan fingerprint density at radius 3 is 2.42 bits per heavy atom. The molecule has 3 atom stereocenters. The maximum atomic E-state index is 9.82. The summed E-state index contributed by atoms with van der Waals surface area (Å²) in [6, 6.07) is 21.5. The molecule has 4 aliphatic rings. The van der Waals surface area contributed by atoms with Gasteiger partial charge in [-0.25, -0.2) is 0 Å². The number of aliphatic hydroxyl groups excluding tert-OH is 2. The van der Waals surface area contributed by atoms with Gasteiger partial charge in [-0.1, -0.05) is 73.2 Å². The molecule has 2 aromatic rings. The fourth-order valence-corrected chi connectivity index (χ4v) is 6.34. The second-order valence-electron chi connectivity index (χ2n) is 10.6. The molecule has 0 saturated heterocycles. The first-order valence-electron chi connectivity index (χ1n) is 13.0. The zero-order chi connectivity index (χ0) is 24.8. The number of hydrogen-bond acceptors (Lipinski definition) is 5. The van der Waals surface area contributed by atoms with Crippen LogP contribution in [0.4, 0.5) is 0 Å². The monoisotopic (exact) mass is 479 g/mol. The van der Waals surface area contributed by atoms with Crippen LogP contribution in [-0.2, 0) is 0 Å². The van der Waals surface area contributed by atoms with Gasteiger partial charge in [0.2, 0.25) is 0 Å². The molecule has 2 aromatic carbocycles. The maximum Gasteiger partial charge on any atom is 0.140 e. The minimum Gasteiger partial charge on any atom is -0.394 e. The number of benzene rings is 2. The molecule has 0 bridgehead atoms. The summed E-state index contributed by atoms with van der Waals surface area (Å²) in [4.78, 5) is 12.7. The van der Waals surface area contributed by atoms with E-state index in [1.165, 1.54) is 23.2 Å². The van der Waals surface area contributed by atoms with Crippen molar-refractivity contribution < 1.29 is 10.2 Å². The number of allylic oxidation sites excluding steroid dienone is 4. The van der Waals surface area contributed by atoms with Crippen molar-refractivity contribution in [3.05, 3.63) is 102 Å². The molecular weight excluding hydrogens is 446 g/mol. The summed E-state index contributed by atoms with van der Waals surface area (Å²) in [5, 5.41) is 19.6. The highest BCUT2D eigenvalue weighted by atomic mass is 16.3. The SMILES string of the molecule is CC(CO)(CO)N=C1C=CC2=N[C@]34CCCC[C@@H]3[C@@H](c3ccccc3)C=C(c3ccccc3)N4C2=C1. The molecule has 1 spiro atoms. The molecule has 2 heterocycles. The van der Waals surface area contributed by atoms with E-state index in [4.69, 9.17) is 9.98 Å². The van der Waals surface area contributed by atoms with Gasteiger partial charge >= 0.3 is 0 Å². The molecule has 0 amide bonds. The van der Waals surface area contributed by atoms with Crippen molar-refractivity contribution in [3.8, 4) is 0 Å². The smallest absolute Gasteiger partial charge is 0.140 e. The zero-order valence-corrected chi connectivity index (χ0v) is 20.7. The highest BCUT2D eigenvalue weighted by Gasteiger charge is 2.56. The number of hydrogen-bond donors (Lipinski definition) is 2. The summed E-state index contributed by atoms with van der Waals surface area (Å²) < 4.78 is 0. The van der Waals surface area contributed by atoms with Crippen LogP contribution >= 0.6 is 0 Å². The van der Waals surface area contributed by atoms with Gasteiger partial charge in [0.05, 0.1) is 30.3 Å². The van der Waals surface area contributed by atoms with Crippen molar-refractivity contribution in [1.82, 2.24) is 4.90 Å². The van der Waals surface area contributed by atoms with Crippen LogP contribution in [0.15, 0.2) is 101 Å². The van der Waals surface area contributed by atoms with E-state index >= 15 is 0 Å². The number of nitrogens with zero attached hydrogens (tertiary/aromatic N) is 3. The normalized spacial score (nSPS) is 28.1. The average molecular weight is 480 g/mol. The topological polar surface area (TPSA) is 68.4 Å². The Bertz CT molecular complexity index is 1290. The second-order valence-corrected chi connectivity index (χ2v) is 10.6. The maximum absolute atomic E-state index is 9.82. The van der Waals surface area contributed by atoms with Gasteiger partial charge < -0.3 is 15.1 Å². The van der Waals surface area contributed by atoms with E-state index < -0.39 is 5.54 Å². The summed E-state index contributed by atoms with van der Waals surface area (Å²) in [6.07, 6.45) is 13.1. The van der Waals surface area contributed by atoms with Gasteiger partial charge in [-0.3, -0.25) is 9.98 Å². The Hall–Kier alpha value is -3.28. The fourth-order valence-electron chi connectivity index (χ4n) is 6.34. The molecule has 0 unspecified atom stereocenters. The largest absolute Gasteiger partial charge is 0.394 e. The molecule has 5 nitrogen and oxygen atoms in total. The van der Waals surface area contributed by atoms with Crippen LogP contribution in [0.5, 0.6) is 0 Å². The molecule has 1 fully saturated rings. The molecule has 1 saturated carbocycles. The van der Waals surface area contributed by atoms with E-state index in [-0.39, 0.29) is 24.8 Å². The van der Waals surface area contributed by atoms with Crippen LogP contribution < -0.4 is 0 Å². The Balaban J connectivity index is 1.55. The van der Waals surface area contributed by atoms with Gasteiger partial charge in [-0.2, -0.15) is 0 Å². The number of aliphatic imine (C=N–C) groups is 2. The predicted octanol–water partition coefficient (Wildman–Crippen LogP) is 5.11. The second kappa shape index (κ2) is 8.99. The van der Waals surface area contributed by atoms with Crippen molar-refractivity contribution in [2.24, 2.45) is 15.9 Å². The number of aliphatic hydroxyl groups is 2. The van der Waals surface area contributed by atoms with Crippen molar-refractivity contribution >= 4 is 17.1 Å². The average Bonchev–Trinajstić information content (AvgIpc) is 3.26. The van der Waals surface area contributed by atoms with E-state index in [1.807, 2.05) is 6.08 Å². The lowest BCUT2D eigenvalue weighted by molar-refractivity contribution is 0.0687. The summed E-state index contributed by atoms with van der Waals surface area (Å²) in [5.41, 5.74) is 5.26. The first kappa shape index (κ1) is 23.1.